The summed E-state index contributed by atoms with van der Waals surface area (Å²) >= 11 is 0. The minimum Gasteiger partial charge on any atom is -0.496 e. The average Bonchev–Trinajstić information content (AvgIpc) is 3.10. The number of Topliss-reactive ketones (excluding diaryl/α,β-unsaturated/α-hetero) is 1. The van der Waals surface area contributed by atoms with Crippen molar-refractivity contribution in [3.8, 4) is 29.9 Å². The highest BCUT2D eigenvalue weighted by molar-refractivity contribution is 5.81. The first-order valence-electron chi connectivity index (χ1n) is 15.9. The molecule has 1 heterocycles. The number of nitrogens with one attached hydrogen (secondary N) is 1. The van der Waals surface area contributed by atoms with Crippen molar-refractivity contribution < 1.29 is 24.6 Å². The fraction of sp³-hybridized carbons (Fsp3) is 0.410. The van der Waals surface area contributed by atoms with Crippen LogP contribution in [0.3, 0.4) is 0 Å². The Labute approximate surface area is 278 Å². The van der Waals surface area contributed by atoms with Crippen molar-refractivity contribution in [2.24, 2.45) is 11.8 Å². The Morgan fingerprint density at radius 2 is 1.61 bits per heavy atom. The SMILES string of the molecule is C#C.CC.CCC.CCC(=O)C1CC(C)C1.COc1ccccc1CO.Cc1cccc(-c2ccccn2)c1/C=C\CC(=O)NO. The lowest BCUT2D eigenvalue weighted by Crippen LogP contribution is -2.27. The number of para-hydroxylation sites is 1. The molecule has 2 aromatic carbocycles. The molecule has 0 radical (unpaired) electrons. The first-order valence-corrected chi connectivity index (χ1v) is 15.9. The van der Waals surface area contributed by atoms with Gasteiger partial charge in [-0.1, -0.05) is 103 Å². The number of ether oxygens (including phenoxy) is 1. The fourth-order valence-corrected chi connectivity index (χ4v) is 4.26. The molecule has 46 heavy (non-hydrogen) atoms. The van der Waals surface area contributed by atoms with E-state index in [1.165, 1.54) is 6.42 Å². The van der Waals surface area contributed by atoms with Crippen LogP contribution in [0.1, 0.15) is 90.3 Å². The molecule has 3 aromatic rings. The number of aliphatic hydroxyl groups is 1. The normalized spacial score (nSPS) is 13.8. The lowest BCUT2D eigenvalue weighted by Gasteiger charge is -2.30. The molecule has 0 spiro atoms. The van der Waals surface area contributed by atoms with E-state index < -0.39 is 5.91 Å². The van der Waals surface area contributed by atoms with Crippen molar-refractivity contribution in [3.63, 3.8) is 0 Å². The molecule has 4 rings (SSSR count). The van der Waals surface area contributed by atoms with Crippen molar-refractivity contribution in [2.75, 3.05) is 7.11 Å². The molecule has 1 fully saturated rings. The molecule has 0 bridgehead atoms. The zero-order chi connectivity index (χ0) is 35.3. The number of aryl methyl sites for hydroxylation is 1. The molecule has 1 saturated carbocycles. The molecule has 0 saturated heterocycles. The molecule has 0 aliphatic heterocycles. The number of aromatic nitrogens is 1. The molecular formula is C39H56N2O5. The lowest BCUT2D eigenvalue weighted by molar-refractivity contribution is -0.128. The summed E-state index contributed by atoms with van der Waals surface area (Å²) in [6.45, 7) is 14.5. The van der Waals surface area contributed by atoms with Crippen LogP contribution < -0.4 is 10.2 Å². The number of pyridine rings is 1. The number of carbonyl (C=O) groups is 2. The third-order valence-corrected chi connectivity index (χ3v) is 6.52. The van der Waals surface area contributed by atoms with Gasteiger partial charge in [0.05, 0.1) is 19.4 Å². The van der Waals surface area contributed by atoms with E-state index in [-0.39, 0.29) is 13.0 Å². The number of hydrogen-bond donors (Lipinski definition) is 3. The number of benzene rings is 2. The van der Waals surface area contributed by atoms with Gasteiger partial charge < -0.3 is 9.84 Å². The number of hydroxylamine groups is 1. The molecular weight excluding hydrogens is 576 g/mol. The van der Waals surface area contributed by atoms with E-state index in [4.69, 9.17) is 15.1 Å². The lowest BCUT2D eigenvalue weighted by atomic mass is 9.73. The van der Waals surface area contributed by atoms with Gasteiger partial charge in [-0.05, 0) is 55.0 Å². The molecule has 1 amide bonds. The van der Waals surface area contributed by atoms with Gasteiger partial charge >= 0.3 is 0 Å². The average molecular weight is 633 g/mol. The van der Waals surface area contributed by atoms with Gasteiger partial charge in [0.2, 0.25) is 5.91 Å². The maximum absolute atomic E-state index is 11.0. The number of carbonyl (C=O) groups excluding carboxylic acids is 2. The molecule has 1 aliphatic carbocycles. The Balaban J connectivity index is 0. The van der Waals surface area contributed by atoms with E-state index >= 15 is 0 Å². The van der Waals surface area contributed by atoms with E-state index in [1.807, 2.05) is 94.4 Å². The van der Waals surface area contributed by atoms with Gasteiger partial charge in [-0.15, -0.1) is 12.8 Å². The van der Waals surface area contributed by atoms with Crippen LogP contribution >= 0.6 is 0 Å². The summed E-state index contributed by atoms with van der Waals surface area (Å²) in [6.07, 6.45) is 17.8. The smallest absolute Gasteiger partial charge is 0.247 e. The molecule has 0 atom stereocenters. The van der Waals surface area contributed by atoms with Crippen molar-refractivity contribution in [1.29, 1.82) is 0 Å². The van der Waals surface area contributed by atoms with Gasteiger partial charge in [0.15, 0.2) is 0 Å². The number of hydrogen-bond acceptors (Lipinski definition) is 6. The predicted molar refractivity (Wildman–Crippen MR) is 191 cm³/mol. The van der Waals surface area contributed by atoms with Gasteiger partial charge in [-0.2, -0.15) is 0 Å². The highest BCUT2D eigenvalue weighted by Crippen LogP contribution is 2.34. The third kappa shape index (κ3) is 17.3. The Kier molecular flexibility index (Phi) is 26.9. The standard InChI is InChI=1S/C16H16N2O2.C8H10O2.C8H14O.C3H8.C2H6.C2H2/c1-12-6-4-8-14(15-9-2-3-11-17-15)13(12)7-5-10-16(19)18-20;1-10-8-5-3-2-4-7(8)6-9;1-3-8(9)7-4-6(2)5-7;1-3-2;2*1-2/h2-9,11,20H,10H2,1H3,(H,18,19);2-5,9H,6H2,1H3;6-7H,3-5H2,1-2H3;3H2,1-2H3;1-2H3;1-2H/b7-5-;;;;;. The summed E-state index contributed by atoms with van der Waals surface area (Å²) < 4.78 is 4.98. The van der Waals surface area contributed by atoms with Crippen molar-refractivity contribution >= 4 is 17.8 Å². The van der Waals surface area contributed by atoms with E-state index in [2.05, 4.69) is 38.6 Å². The van der Waals surface area contributed by atoms with Gasteiger partial charge in [-0.25, -0.2) is 5.48 Å². The van der Waals surface area contributed by atoms with Crippen LogP contribution in [0.2, 0.25) is 0 Å². The molecule has 7 nitrogen and oxygen atoms in total. The highest BCUT2D eigenvalue weighted by Gasteiger charge is 2.29. The number of amides is 1. The maximum atomic E-state index is 11.0. The van der Waals surface area contributed by atoms with Crippen molar-refractivity contribution in [1.82, 2.24) is 10.5 Å². The van der Waals surface area contributed by atoms with Crippen LogP contribution in [0.15, 0.2) is 72.9 Å². The van der Waals surface area contributed by atoms with Gasteiger partial charge in [0.25, 0.3) is 0 Å². The summed E-state index contributed by atoms with van der Waals surface area (Å²) in [4.78, 5) is 26.3. The van der Waals surface area contributed by atoms with Crippen LogP contribution in [-0.2, 0) is 16.2 Å². The summed E-state index contributed by atoms with van der Waals surface area (Å²) in [7, 11) is 1.59. The second kappa shape index (κ2) is 28.2. The molecule has 0 unspecified atom stereocenters. The van der Waals surface area contributed by atoms with Crippen LogP contribution in [-0.4, -0.2) is 34.1 Å². The van der Waals surface area contributed by atoms with Crippen molar-refractivity contribution in [3.05, 3.63) is 89.6 Å². The number of aliphatic hydroxyl groups excluding tert-OH is 1. The first-order chi connectivity index (χ1) is 22.3. The number of terminal acetylenes is 1. The molecule has 7 heteroatoms. The summed E-state index contributed by atoms with van der Waals surface area (Å²) in [5.74, 6) is 2.02. The summed E-state index contributed by atoms with van der Waals surface area (Å²) in [6, 6.07) is 19.2. The van der Waals surface area contributed by atoms with Crippen molar-refractivity contribution in [2.45, 2.75) is 87.2 Å². The Hall–Kier alpha value is -4.25. The van der Waals surface area contributed by atoms with Crippen LogP contribution in [0.25, 0.3) is 17.3 Å². The van der Waals surface area contributed by atoms with Gasteiger partial charge in [-0.3, -0.25) is 19.8 Å². The topological polar surface area (TPSA) is 109 Å². The predicted octanol–water partition coefficient (Wildman–Crippen LogP) is 8.86. The Morgan fingerprint density at radius 1 is 1.00 bits per heavy atom. The second-order valence-corrected chi connectivity index (χ2v) is 10.2. The number of methoxy groups -OCH3 is 1. The summed E-state index contributed by atoms with van der Waals surface area (Å²) in [5, 5.41) is 17.2. The van der Waals surface area contributed by atoms with Gasteiger partial charge in [0.1, 0.15) is 11.5 Å². The van der Waals surface area contributed by atoms with E-state index in [9.17, 15) is 9.59 Å². The zero-order valence-corrected chi connectivity index (χ0v) is 29.1. The Morgan fingerprint density at radius 3 is 2.09 bits per heavy atom. The largest absolute Gasteiger partial charge is 0.496 e. The monoisotopic (exact) mass is 632 g/mol. The highest BCUT2D eigenvalue weighted by atomic mass is 16.5. The number of nitrogens with zero attached hydrogens (tertiary/aromatic N) is 1. The summed E-state index contributed by atoms with van der Waals surface area (Å²) in [5.41, 5.74) is 6.47. The van der Waals surface area contributed by atoms with E-state index in [0.29, 0.717) is 11.7 Å². The minimum atomic E-state index is -0.436. The van der Waals surface area contributed by atoms with E-state index in [0.717, 1.165) is 58.9 Å². The first kappa shape index (κ1) is 43.9. The minimum absolute atomic E-state index is 0.0318. The van der Waals surface area contributed by atoms with Crippen LogP contribution in [0, 0.1) is 31.6 Å². The van der Waals surface area contributed by atoms with E-state index in [1.54, 1.807) is 24.9 Å². The molecule has 1 aliphatic rings. The maximum Gasteiger partial charge on any atom is 0.247 e. The fourth-order valence-electron chi connectivity index (χ4n) is 4.26. The quantitative estimate of drug-likeness (QED) is 0.130. The molecule has 252 valence electrons. The number of ketones is 1. The zero-order valence-electron chi connectivity index (χ0n) is 29.1. The third-order valence-electron chi connectivity index (χ3n) is 6.52. The molecule has 3 N–H and O–H groups in total. The second-order valence-electron chi connectivity index (χ2n) is 10.2. The Bertz CT molecular complexity index is 1240. The molecule has 1 aromatic heterocycles. The van der Waals surface area contributed by atoms with Crippen LogP contribution in [0.5, 0.6) is 5.75 Å². The number of rotatable bonds is 8. The van der Waals surface area contributed by atoms with Gasteiger partial charge in [0, 0.05) is 36.1 Å². The van der Waals surface area contributed by atoms with Crippen LogP contribution in [0.4, 0.5) is 0 Å².